The standard InChI is InChI=1S/C13H16N4/c1-10(14)9-15-13-8-7-12(16-17-13)11-5-3-2-4-6-11/h2-8,10H,9,14H2,1H3,(H,15,17). The van der Waals surface area contributed by atoms with Gasteiger partial charge in [-0.1, -0.05) is 30.3 Å². The third-order valence-corrected chi connectivity index (χ3v) is 2.34. The molecule has 88 valence electrons. The first-order chi connectivity index (χ1) is 8.25. The molecular weight excluding hydrogens is 212 g/mol. The van der Waals surface area contributed by atoms with Crippen LogP contribution in [0, 0.1) is 0 Å². The van der Waals surface area contributed by atoms with Gasteiger partial charge in [0.15, 0.2) is 0 Å². The maximum atomic E-state index is 5.65. The minimum Gasteiger partial charge on any atom is -0.367 e. The van der Waals surface area contributed by atoms with Crippen molar-refractivity contribution in [2.24, 2.45) is 5.73 Å². The number of aromatic nitrogens is 2. The van der Waals surface area contributed by atoms with E-state index in [9.17, 15) is 0 Å². The van der Waals surface area contributed by atoms with Crippen molar-refractivity contribution >= 4 is 5.82 Å². The van der Waals surface area contributed by atoms with E-state index in [1.54, 1.807) is 0 Å². The topological polar surface area (TPSA) is 63.8 Å². The summed E-state index contributed by atoms with van der Waals surface area (Å²) in [5, 5.41) is 11.4. The quantitative estimate of drug-likeness (QED) is 0.839. The van der Waals surface area contributed by atoms with Crippen molar-refractivity contribution in [1.82, 2.24) is 10.2 Å². The number of hydrogen-bond acceptors (Lipinski definition) is 4. The van der Waals surface area contributed by atoms with E-state index in [2.05, 4.69) is 15.5 Å². The Morgan fingerprint density at radius 1 is 1.12 bits per heavy atom. The van der Waals surface area contributed by atoms with Crippen molar-refractivity contribution in [2.75, 3.05) is 11.9 Å². The summed E-state index contributed by atoms with van der Waals surface area (Å²) in [5.41, 5.74) is 7.59. The van der Waals surface area contributed by atoms with Crippen LogP contribution in [-0.4, -0.2) is 22.8 Å². The first kappa shape index (κ1) is 11.5. The summed E-state index contributed by atoms with van der Waals surface area (Å²) in [4.78, 5) is 0. The summed E-state index contributed by atoms with van der Waals surface area (Å²) >= 11 is 0. The highest BCUT2D eigenvalue weighted by Crippen LogP contribution is 2.15. The first-order valence-electron chi connectivity index (χ1n) is 5.64. The lowest BCUT2D eigenvalue weighted by atomic mass is 10.1. The molecule has 0 saturated carbocycles. The molecule has 3 N–H and O–H groups in total. The molecule has 0 amide bonds. The van der Waals surface area contributed by atoms with Gasteiger partial charge in [-0.25, -0.2) is 0 Å². The number of anilines is 1. The number of nitrogens with one attached hydrogen (secondary N) is 1. The molecule has 1 aromatic heterocycles. The van der Waals surface area contributed by atoms with Crippen molar-refractivity contribution in [1.29, 1.82) is 0 Å². The van der Waals surface area contributed by atoms with E-state index in [0.29, 0.717) is 6.54 Å². The maximum absolute atomic E-state index is 5.65. The molecule has 0 aliphatic rings. The number of hydrogen-bond donors (Lipinski definition) is 2. The van der Waals surface area contributed by atoms with Crippen molar-refractivity contribution in [2.45, 2.75) is 13.0 Å². The lowest BCUT2D eigenvalue weighted by Crippen LogP contribution is -2.25. The Balaban J connectivity index is 2.08. The van der Waals surface area contributed by atoms with Crippen molar-refractivity contribution in [3.05, 3.63) is 42.5 Å². The average molecular weight is 228 g/mol. The predicted octanol–water partition coefficient (Wildman–Crippen LogP) is 1.90. The molecule has 0 bridgehead atoms. The van der Waals surface area contributed by atoms with Crippen molar-refractivity contribution in [3.63, 3.8) is 0 Å². The van der Waals surface area contributed by atoms with Crippen LogP contribution in [0.15, 0.2) is 42.5 Å². The van der Waals surface area contributed by atoms with Gasteiger partial charge in [0, 0.05) is 18.2 Å². The van der Waals surface area contributed by atoms with Gasteiger partial charge in [0.2, 0.25) is 0 Å². The molecule has 1 aromatic carbocycles. The molecule has 4 heteroatoms. The second-order valence-corrected chi connectivity index (χ2v) is 4.03. The van der Waals surface area contributed by atoms with Gasteiger partial charge in [0.1, 0.15) is 5.82 Å². The van der Waals surface area contributed by atoms with Crippen molar-refractivity contribution in [3.8, 4) is 11.3 Å². The first-order valence-corrected chi connectivity index (χ1v) is 5.64. The minimum absolute atomic E-state index is 0.102. The van der Waals surface area contributed by atoms with Gasteiger partial charge in [-0.2, -0.15) is 0 Å². The largest absolute Gasteiger partial charge is 0.367 e. The second-order valence-electron chi connectivity index (χ2n) is 4.03. The SMILES string of the molecule is CC(N)CNc1ccc(-c2ccccc2)nn1. The molecule has 1 unspecified atom stereocenters. The van der Waals surface area contributed by atoms with Gasteiger partial charge in [0.05, 0.1) is 5.69 Å². The molecule has 0 fully saturated rings. The molecule has 0 aliphatic carbocycles. The van der Waals surface area contributed by atoms with Crippen LogP contribution >= 0.6 is 0 Å². The summed E-state index contributed by atoms with van der Waals surface area (Å²) in [7, 11) is 0. The zero-order valence-corrected chi connectivity index (χ0v) is 9.80. The molecule has 4 nitrogen and oxygen atoms in total. The van der Waals surface area contributed by atoms with Crippen LogP contribution in [0.1, 0.15) is 6.92 Å². The molecule has 0 aliphatic heterocycles. The predicted molar refractivity (Wildman–Crippen MR) is 69.6 cm³/mol. The van der Waals surface area contributed by atoms with Crippen LogP contribution in [0.25, 0.3) is 11.3 Å². The summed E-state index contributed by atoms with van der Waals surface area (Å²) in [5.74, 6) is 0.752. The zero-order chi connectivity index (χ0) is 12.1. The Labute approximate surface area is 101 Å². The third-order valence-electron chi connectivity index (χ3n) is 2.34. The summed E-state index contributed by atoms with van der Waals surface area (Å²) in [6, 6.07) is 13.9. The Hall–Kier alpha value is -1.94. The van der Waals surface area contributed by atoms with Crippen LogP contribution in [0.5, 0.6) is 0 Å². The van der Waals surface area contributed by atoms with Gasteiger partial charge >= 0.3 is 0 Å². The second kappa shape index (κ2) is 5.41. The summed E-state index contributed by atoms with van der Waals surface area (Å²) in [6.07, 6.45) is 0. The highest BCUT2D eigenvalue weighted by atomic mass is 15.2. The monoisotopic (exact) mass is 228 g/mol. The Kier molecular flexibility index (Phi) is 3.67. The fourth-order valence-corrected chi connectivity index (χ4v) is 1.45. The molecule has 2 rings (SSSR count). The highest BCUT2D eigenvalue weighted by Gasteiger charge is 2.00. The van der Waals surface area contributed by atoms with E-state index < -0.39 is 0 Å². The Morgan fingerprint density at radius 2 is 1.88 bits per heavy atom. The normalized spacial score (nSPS) is 12.1. The molecule has 17 heavy (non-hydrogen) atoms. The van der Waals surface area contributed by atoms with Crippen LogP contribution in [-0.2, 0) is 0 Å². The van der Waals surface area contributed by atoms with Crippen LogP contribution < -0.4 is 11.1 Å². The maximum Gasteiger partial charge on any atom is 0.148 e. The van der Waals surface area contributed by atoms with Crippen molar-refractivity contribution < 1.29 is 0 Å². The minimum atomic E-state index is 0.102. The fraction of sp³-hybridized carbons (Fsp3) is 0.231. The molecule has 1 atom stereocenters. The summed E-state index contributed by atoms with van der Waals surface area (Å²) in [6.45, 7) is 2.64. The number of rotatable bonds is 4. The van der Waals surface area contributed by atoms with E-state index in [-0.39, 0.29) is 6.04 Å². The number of nitrogens with zero attached hydrogens (tertiary/aromatic N) is 2. The smallest absolute Gasteiger partial charge is 0.148 e. The molecule has 0 radical (unpaired) electrons. The zero-order valence-electron chi connectivity index (χ0n) is 9.80. The molecule has 0 spiro atoms. The molecule has 1 heterocycles. The number of benzene rings is 1. The van der Waals surface area contributed by atoms with Crippen LogP contribution in [0.4, 0.5) is 5.82 Å². The number of nitrogens with two attached hydrogens (primary N) is 1. The van der Waals surface area contributed by atoms with E-state index in [4.69, 9.17) is 5.73 Å². The van der Waals surface area contributed by atoms with E-state index in [1.165, 1.54) is 0 Å². The Bertz CT molecular complexity index is 451. The van der Waals surface area contributed by atoms with Gasteiger partial charge in [-0.3, -0.25) is 0 Å². The van der Waals surface area contributed by atoms with E-state index >= 15 is 0 Å². The molecule has 2 aromatic rings. The fourth-order valence-electron chi connectivity index (χ4n) is 1.45. The lowest BCUT2D eigenvalue weighted by molar-refractivity contribution is 0.775. The molecule has 0 saturated heterocycles. The molecular formula is C13H16N4. The van der Waals surface area contributed by atoms with Gasteiger partial charge in [0.25, 0.3) is 0 Å². The Morgan fingerprint density at radius 3 is 2.47 bits per heavy atom. The van der Waals surface area contributed by atoms with E-state index in [1.807, 2.05) is 49.4 Å². The highest BCUT2D eigenvalue weighted by molar-refractivity contribution is 5.59. The van der Waals surface area contributed by atoms with Gasteiger partial charge in [-0.15, -0.1) is 10.2 Å². The van der Waals surface area contributed by atoms with Crippen LogP contribution in [0.3, 0.4) is 0 Å². The van der Waals surface area contributed by atoms with Crippen LogP contribution in [0.2, 0.25) is 0 Å². The lowest BCUT2D eigenvalue weighted by Gasteiger charge is -2.07. The van der Waals surface area contributed by atoms with Gasteiger partial charge in [-0.05, 0) is 19.1 Å². The summed E-state index contributed by atoms with van der Waals surface area (Å²) < 4.78 is 0. The van der Waals surface area contributed by atoms with E-state index in [0.717, 1.165) is 17.1 Å². The third kappa shape index (κ3) is 3.26. The average Bonchev–Trinajstić information content (AvgIpc) is 2.38. The van der Waals surface area contributed by atoms with Gasteiger partial charge < -0.3 is 11.1 Å².